The van der Waals surface area contributed by atoms with Crippen molar-refractivity contribution in [3.63, 3.8) is 0 Å². The Hall–Kier alpha value is -0.770. The summed E-state index contributed by atoms with van der Waals surface area (Å²) in [5, 5.41) is 4.51. The summed E-state index contributed by atoms with van der Waals surface area (Å²) in [6.45, 7) is 4.12. The Bertz CT molecular complexity index is 485. The Kier molecular flexibility index (Phi) is 6.34. The van der Waals surface area contributed by atoms with Crippen molar-refractivity contribution in [1.82, 2.24) is 10.2 Å². The molecule has 1 aromatic rings. The quantitative estimate of drug-likeness (QED) is 0.904. The lowest BCUT2D eigenvalue weighted by atomic mass is 10.1. The number of halogens is 2. The number of amides is 1. The Labute approximate surface area is 136 Å². The first-order valence-corrected chi connectivity index (χ1v) is 8.29. The van der Waals surface area contributed by atoms with Gasteiger partial charge in [0.05, 0.1) is 6.54 Å². The lowest BCUT2D eigenvalue weighted by Crippen LogP contribution is -2.39. The first-order chi connectivity index (χ1) is 10.1. The van der Waals surface area contributed by atoms with Crippen molar-refractivity contribution in [2.45, 2.75) is 38.6 Å². The maximum atomic E-state index is 12.2. The van der Waals surface area contributed by atoms with Gasteiger partial charge in [-0.2, -0.15) is 0 Å². The number of carbonyl (C=O) groups is 1. The summed E-state index contributed by atoms with van der Waals surface area (Å²) < 4.78 is 0. The van der Waals surface area contributed by atoms with Crippen LogP contribution in [0.3, 0.4) is 0 Å². The third kappa shape index (κ3) is 4.87. The topological polar surface area (TPSA) is 32.3 Å². The number of hydrogen-bond acceptors (Lipinski definition) is 2. The number of carbonyl (C=O) groups excluding carboxylic acids is 1. The maximum absolute atomic E-state index is 12.2. The molecule has 1 fully saturated rings. The lowest BCUT2D eigenvalue weighted by molar-refractivity contribution is -0.130. The zero-order valence-electron chi connectivity index (χ0n) is 12.4. The smallest absolute Gasteiger partial charge is 0.236 e. The third-order valence-corrected chi connectivity index (χ3v) is 4.51. The number of nitrogens with one attached hydrogen (secondary N) is 1. The highest BCUT2D eigenvalue weighted by Gasteiger charge is 2.17. The summed E-state index contributed by atoms with van der Waals surface area (Å²) in [7, 11) is 0. The normalized spacial score (nSPS) is 17.4. The molecule has 0 radical (unpaired) electrons. The third-order valence-electron chi connectivity index (χ3n) is 3.95. The summed E-state index contributed by atoms with van der Waals surface area (Å²) in [4.78, 5) is 14.2. The van der Waals surface area contributed by atoms with Crippen LogP contribution in [0.2, 0.25) is 10.0 Å². The Balaban J connectivity index is 1.87. The van der Waals surface area contributed by atoms with E-state index in [4.69, 9.17) is 23.2 Å². The number of hydrogen-bond donors (Lipinski definition) is 1. The minimum absolute atomic E-state index is 0.0192. The van der Waals surface area contributed by atoms with E-state index in [1.165, 1.54) is 12.8 Å². The van der Waals surface area contributed by atoms with E-state index in [2.05, 4.69) is 5.32 Å². The molecular formula is C16H22Cl2N2O. The van der Waals surface area contributed by atoms with Gasteiger partial charge in [-0.25, -0.2) is 0 Å². The molecule has 0 saturated carbocycles. The molecule has 1 aliphatic heterocycles. The molecule has 21 heavy (non-hydrogen) atoms. The molecule has 1 amide bonds. The Morgan fingerprint density at radius 1 is 1.24 bits per heavy atom. The molecule has 0 spiro atoms. The average molecular weight is 329 g/mol. The van der Waals surface area contributed by atoms with Gasteiger partial charge in [0.1, 0.15) is 0 Å². The molecule has 1 heterocycles. The van der Waals surface area contributed by atoms with Crippen molar-refractivity contribution in [1.29, 1.82) is 0 Å². The first-order valence-electron chi connectivity index (χ1n) is 7.54. The molecule has 2 rings (SSSR count). The molecule has 1 atom stereocenters. The van der Waals surface area contributed by atoms with Gasteiger partial charge < -0.3 is 10.2 Å². The van der Waals surface area contributed by atoms with Crippen LogP contribution in [-0.4, -0.2) is 30.4 Å². The number of rotatable bonds is 4. The van der Waals surface area contributed by atoms with Gasteiger partial charge in [0.15, 0.2) is 0 Å². The van der Waals surface area contributed by atoms with Crippen molar-refractivity contribution in [2.24, 2.45) is 0 Å². The van der Waals surface area contributed by atoms with Gasteiger partial charge >= 0.3 is 0 Å². The zero-order chi connectivity index (χ0) is 15.2. The van der Waals surface area contributed by atoms with Crippen molar-refractivity contribution in [3.8, 4) is 0 Å². The number of likely N-dealkylation sites (tertiary alicyclic amines) is 1. The molecule has 1 aromatic carbocycles. The van der Waals surface area contributed by atoms with Gasteiger partial charge in [0.2, 0.25) is 5.91 Å². The van der Waals surface area contributed by atoms with E-state index >= 15 is 0 Å². The van der Waals surface area contributed by atoms with Gasteiger partial charge in [-0.15, -0.1) is 0 Å². The summed E-state index contributed by atoms with van der Waals surface area (Å²) >= 11 is 12.1. The van der Waals surface area contributed by atoms with Gasteiger partial charge in [0, 0.05) is 29.2 Å². The minimum atomic E-state index is 0.0192. The van der Waals surface area contributed by atoms with Crippen LogP contribution in [0.15, 0.2) is 18.2 Å². The first kappa shape index (κ1) is 16.6. The monoisotopic (exact) mass is 328 g/mol. The molecule has 1 unspecified atom stereocenters. The van der Waals surface area contributed by atoms with Gasteiger partial charge in [-0.3, -0.25) is 4.79 Å². The second-order valence-electron chi connectivity index (χ2n) is 5.56. The minimum Gasteiger partial charge on any atom is -0.342 e. The van der Waals surface area contributed by atoms with E-state index < -0.39 is 0 Å². The Morgan fingerprint density at radius 2 is 1.90 bits per heavy atom. The van der Waals surface area contributed by atoms with Crippen LogP contribution in [0.5, 0.6) is 0 Å². The van der Waals surface area contributed by atoms with E-state index in [0.717, 1.165) is 31.5 Å². The van der Waals surface area contributed by atoms with Crippen LogP contribution in [-0.2, 0) is 4.79 Å². The van der Waals surface area contributed by atoms with Crippen molar-refractivity contribution >= 4 is 29.1 Å². The van der Waals surface area contributed by atoms with Gasteiger partial charge in [-0.05, 0) is 37.5 Å². The van der Waals surface area contributed by atoms with Crippen molar-refractivity contribution in [3.05, 3.63) is 33.8 Å². The van der Waals surface area contributed by atoms with Crippen LogP contribution >= 0.6 is 23.2 Å². The van der Waals surface area contributed by atoms with Crippen LogP contribution in [0.25, 0.3) is 0 Å². The van der Waals surface area contributed by atoms with Crippen molar-refractivity contribution < 1.29 is 4.79 Å². The summed E-state index contributed by atoms with van der Waals surface area (Å²) in [6, 6.07) is 5.47. The van der Waals surface area contributed by atoms with Crippen LogP contribution in [0.1, 0.15) is 44.2 Å². The average Bonchev–Trinajstić information content (AvgIpc) is 2.73. The highest BCUT2D eigenvalue weighted by Crippen LogP contribution is 2.25. The molecule has 0 aromatic heterocycles. The molecule has 1 saturated heterocycles. The second-order valence-corrected chi connectivity index (χ2v) is 6.41. The number of benzene rings is 1. The summed E-state index contributed by atoms with van der Waals surface area (Å²) in [6.07, 6.45) is 4.69. The fraction of sp³-hybridized carbons (Fsp3) is 0.562. The van der Waals surface area contributed by atoms with E-state index in [1.54, 1.807) is 6.07 Å². The fourth-order valence-corrected chi connectivity index (χ4v) is 3.21. The standard InChI is InChI=1S/C16H22Cl2N2O/c1-12(14-7-6-13(17)10-15(14)18)19-11-16(21)20-8-4-2-3-5-9-20/h6-7,10,12,19H,2-5,8-9,11H2,1H3. The highest BCUT2D eigenvalue weighted by atomic mass is 35.5. The van der Waals surface area contributed by atoms with E-state index in [1.807, 2.05) is 24.0 Å². The van der Waals surface area contributed by atoms with Crippen LogP contribution < -0.4 is 5.32 Å². The summed E-state index contributed by atoms with van der Waals surface area (Å²) in [5.74, 6) is 0.175. The molecule has 5 heteroatoms. The van der Waals surface area contributed by atoms with Crippen LogP contribution in [0, 0.1) is 0 Å². The van der Waals surface area contributed by atoms with Gasteiger partial charge in [-0.1, -0.05) is 42.1 Å². The summed E-state index contributed by atoms with van der Waals surface area (Å²) in [5.41, 5.74) is 0.963. The molecule has 0 bridgehead atoms. The molecule has 1 N–H and O–H groups in total. The predicted molar refractivity (Wildman–Crippen MR) is 87.9 cm³/mol. The van der Waals surface area contributed by atoms with E-state index in [-0.39, 0.29) is 11.9 Å². The molecule has 116 valence electrons. The fourth-order valence-electron chi connectivity index (χ4n) is 2.63. The predicted octanol–water partition coefficient (Wildman–Crippen LogP) is 4.05. The van der Waals surface area contributed by atoms with Gasteiger partial charge in [0.25, 0.3) is 0 Å². The molecule has 3 nitrogen and oxygen atoms in total. The highest BCUT2D eigenvalue weighted by molar-refractivity contribution is 6.35. The molecule has 0 aliphatic carbocycles. The largest absolute Gasteiger partial charge is 0.342 e. The molecular weight excluding hydrogens is 307 g/mol. The van der Waals surface area contributed by atoms with Crippen LogP contribution in [0.4, 0.5) is 0 Å². The van der Waals surface area contributed by atoms with Crippen molar-refractivity contribution in [2.75, 3.05) is 19.6 Å². The van der Waals surface area contributed by atoms with E-state index in [9.17, 15) is 4.79 Å². The number of nitrogens with zero attached hydrogens (tertiary/aromatic N) is 1. The SMILES string of the molecule is CC(NCC(=O)N1CCCCCC1)c1ccc(Cl)cc1Cl. The second kappa shape index (κ2) is 8.02. The van der Waals surface area contributed by atoms with E-state index in [0.29, 0.717) is 16.6 Å². The Morgan fingerprint density at radius 3 is 2.52 bits per heavy atom. The molecule has 1 aliphatic rings. The maximum Gasteiger partial charge on any atom is 0.236 e. The zero-order valence-corrected chi connectivity index (χ0v) is 13.9. The lowest BCUT2D eigenvalue weighted by Gasteiger charge is -2.22.